The van der Waals surface area contributed by atoms with Crippen molar-refractivity contribution in [2.45, 2.75) is 65.5 Å². The molecule has 1 aliphatic rings. The third-order valence-corrected chi connectivity index (χ3v) is 4.69. The first-order valence-electron chi connectivity index (χ1n) is 7.23. The van der Waals surface area contributed by atoms with Crippen LogP contribution in [0.4, 0.5) is 0 Å². The number of likely N-dealkylation sites (N-methyl/N-ethyl adjacent to an activating group) is 1. The summed E-state index contributed by atoms with van der Waals surface area (Å²) in [5, 5.41) is 3.51. The van der Waals surface area contributed by atoms with Gasteiger partial charge in [0.1, 0.15) is 0 Å². The van der Waals surface area contributed by atoms with Gasteiger partial charge in [-0.05, 0) is 58.4 Å². The second kappa shape index (κ2) is 6.19. The lowest BCUT2D eigenvalue weighted by Crippen LogP contribution is -2.53. The molecule has 17 heavy (non-hydrogen) atoms. The van der Waals surface area contributed by atoms with E-state index in [9.17, 15) is 0 Å². The first-order chi connectivity index (χ1) is 7.92. The molecule has 0 bridgehead atoms. The highest BCUT2D eigenvalue weighted by molar-refractivity contribution is 4.93. The van der Waals surface area contributed by atoms with Gasteiger partial charge in [0.2, 0.25) is 0 Å². The van der Waals surface area contributed by atoms with E-state index in [0.717, 1.165) is 24.4 Å². The van der Waals surface area contributed by atoms with Crippen LogP contribution in [0.25, 0.3) is 0 Å². The van der Waals surface area contributed by atoms with Gasteiger partial charge >= 0.3 is 0 Å². The predicted molar refractivity (Wildman–Crippen MR) is 74.2 cm³/mol. The third-order valence-electron chi connectivity index (χ3n) is 4.69. The number of hydrogen-bond donors (Lipinski definition) is 1. The van der Waals surface area contributed by atoms with Gasteiger partial charge in [-0.25, -0.2) is 0 Å². The standard InChI is InChI=1S/C15H31NO/c1-7-17-15(4,5)14(16-6)13-9-8-11(2)12(3)10-13/h11-14,16H,7-10H2,1-6H3. The molecule has 0 aromatic rings. The van der Waals surface area contributed by atoms with Crippen LogP contribution in [0.5, 0.6) is 0 Å². The number of rotatable bonds is 5. The molecule has 102 valence electrons. The van der Waals surface area contributed by atoms with Crippen molar-refractivity contribution in [1.29, 1.82) is 0 Å². The molecular formula is C15H31NO. The van der Waals surface area contributed by atoms with Crippen molar-refractivity contribution in [3.8, 4) is 0 Å². The average molecular weight is 241 g/mol. The van der Waals surface area contributed by atoms with Crippen LogP contribution in [0.1, 0.15) is 53.9 Å². The van der Waals surface area contributed by atoms with E-state index in [-0.39, 0.29) is 5.60 Å². The van der Waals surface area contributed by atoms with Gasteiger partial charge in [0.15, 0.2) is 0 Å². The fourth-order valence-corrected chi connectivity index (χ4v) is 3.50. The molecular weight excluding hydrogens is 210 g/mol. The second-order valence-electron chi connectivity index (χ2n) is 6.33. The molecule has 2 nitrogen and oxygen atoms in total. The second-order valence-corrected chi connectivity index (χ2v) is 6.33. The molecule has 0 saturated heterocycles. The fourth-order valence-electron chi connectivity index (χ4n) is 3.50. The Labute approximate surface area is 108 Å². The van der Waals surface area contributed by atoms with Gasteiger partial charge < -0.3 is 10.1 Å². The van der Waals surface area contributed by atoms with Crippen molar-refractivity contribution in [1.82, 2.24) is 5.32 Å². The number of nitrogens with one attached hydrogen (secondary N) is 1. The molecule has 1 saturated carbocycles. The summed E-state index contributed by atoms with van der Waals surface area (Å²) in [4.78, 5) is 0. The summed E-state index contributed by atoms with van der Waals surface area (Å²) >= 11 is 0. The van der Waals surface area contributed by atoms with E-state index in [2.05, 4.69) is 47.0 Å². The van der Waals surface area contributed by atoms with E-state index < -0.39 is 0 Å². The van der Waals surface area contributed by atoms with Crippen LogP contribution in [-0.4, -0.2) is 25.3 Å². The van der Waals surface area contributed by atoms with Gasteiger partial charge in [-0.1, -0.05) is 20.3 Å². The smallest absolute Gasteiger partial charge is 0.0781 e. The highest BCUT2D eigenvalue weighted by Gasteiger charge is 2.38. The molecule has 1 rings (SSSR count). The Balaban J connectivity index is 2.67. The molecule has 0 aliphatic heterocycles. The van der Waals surface area contributed by atoms with Crippen LogP contribution in [0.3, 0.4) is 0 Å². The molecule has 0 amide bonds. The molecule has 0 heterocycles. The van der Waals surface area contributed by atoms with Gasteiger partial charge in [0.25, 0.3) is 0 Å². The zero-order chi connectivity index (χ0) is 13.1. The quantitative estimate of drug-likeness (QED) is 0.796. The van der Waals surface area contributed by atoms with Crippen LogP contribution in [-0.2, 0) is 4.74 Å². The number of ether oxygens (including phenoxy) is 1. The highest BCUT2D eigenvalue weighted by Crippen LogP contribution is 2.38. The lowest BCUT2D eigenvalue weighted by atomic mass is 9.70. The topological polar surface area (TPSA) is 21.3 Å². The maximum absolute atomic E-state index is 5.94. The summed E-state index contributed by atoms with van der Waals surface area (Å²) in [6.07, 6.45) is 4.04. The Morgan fingerprint density at radius 1 is 1.24 bits per heavy atom. The van der Waals surface area contributed by atoms with Crippen molar-refractivity contribution in [3.05, 3.63) is 0 Å². The van der Waals surface area contributed by atoms with Gasteiger partial charge in [-0.15, -0.1) is 0 Å². The van der Waals surface area contributed by atoms with Crippen LogP contribution in [0.15, 0.2) is 0 Å². The van der Waals surface area contributed by atoms with Crippen molar-refractivity contribution in [2.24, 2.45) is 17.8 Å². The van der Waals surface area contributed by atoms with Crippen LogP contribution in [0, 0.1) is 17.8 Å². The SMILES string of the molecule is CCOC(C)(C)C(NC)C1CCC(C)C(C)C1. The van der Waals surface area contributed by atoms with E-state index >= 15 is 0 Å². The van der Waals surface area contributed by atoms with Crippen LogP contribution < -0.4 is 5.32 Å². The zero-order valence-corrected chi connectivity index (χ0v) is 12.5. The first kappa shape index (κ1) is 15.0. The molecule has 0 radical (unpaired) electrons. The van der Waals surface area contributed by atoms with Gasteiger partial charge in [-0.2, -0.15) is 0 Å². The maximum Gasteiger partial charge on any atom is 0.0781 e. The van der Waals surface area contributed by atoms with Gasteiger partial charge in [0, 0.05) is 12.6 Å². The van der Waals surface area contributed by atoms with Gasteiger partial charge in [-0.3, -0.25) is 0 Å². The highest BCUT2D eigenvalue weighted by atomic mass is 16.5. The van der Waals surface area contributed by atoms with Crippen LogP contribution in [0.2, 0.25) is 0 Å². The Kier molecular flexibility index (Phi) is 5.46. The monoisotopic (exact) mass is 241 g/mol. The van der Waals surface area contributed by atoms with E-state index in [4.69, 9.17) is 4.74 Å². The largest absolute Gasteiger partial charge is 0.374 e. The summed E-state index contributed by atoms with van der Waals surface area (Å²) < 4.78 is 5.94. The minimum absolute atomic E-state index is 0.0610. The van der Waals surface area contributed by atoms with E-state index in [0.29, 0.717) is 6.04 Å². The minimum Gasteiger partial charge on any atom is -0.374 e. The summed E-state index contributed by atoms with van der Waals surface area (Å²) in [6, 6.07) is 0.470. The van der Waals surface area contributed by atoms with E-state index in [1.165, 1.54) is 19.3 Å². The van der Waals surface area contributed by atoms with E-state index in [1.807, 2.05) is 0 Å². The fraction of sp³-hybridized carbons (Fsp3) is 1.00. The molecule has 1 aliphatic carbocycles. The Morgan fingerprint density at radius 3 is 2.35 bits per heavy atom. The average Bonchev–Trinajstić information content (AvgIpc) is 2.23. The molecule has 0 aromatic heterocycles. The van der Waals surface area contributed by atoms with Crippen molar-refractivity contribution < 1.29 is 4.74 Å². The Bertz CT molecular complexity index is 227. The van der Waals surface area contributed by atoms with Crippen LogP contribution >= 0.6 is 0 Å². The van der Waals surface area contributed by atoms with Gasteiger partial charge in [0.05, 0.1) is 5.60 Å². The lowest BCUT2D eigenvalue weighted by molar-refractivity contribution is -0.0594. The lowest BCUT2D eigenvalue weighted by Gasteiger charge is -2.43. The van der Waals surface area contributed by atoms with Crippen molar-refractivity contribution >= 4 is 0 Å². The van der Waals surface area contributed by atoms with E-state index in [1.54, 1.807) is 0 Å². The number of hydrogen-bond acceptors (Lipinski definition) is 2. The normalized spacial score (nSPS) is 32.5. The molecule has 0 spiro atoms. The Hall–Kier alpha value is -0.0800. The molecule has 2 heteroatoms. The summed E-state index contributed by atoms with van der Waals surface area (Å²) in [6.45, 7) is 12.1. The third kappa shape index (κ3) is 3.69. The molecule has 4 atom stereocenters. The van der Waals surface area contributed by atoms with Crippen molar-refractivity contribution in [2.75, 3.05) is 13.7 Å². The summed E-state index contributed by atoms with van der Waals surface area (Å²) in [7, 11) is 2.08. The molecule has 0 aromatic carbocycles. The Morgan fingerprint density at radius 2 is 1.88 bits per heavy atom. The summed E-state index contributed by atoms with van der Waals surface area (Å²) in [5.74, 6) is 2.49. The first-order valence-corrected chi connectivity index (χ1v) is 7.23. The zero-order valence-electron chi connectivity index (χ0n) is 12.5. The maximum atomic E-state index is 5.94. The predicted octanol–water partition coefficient (Wildman–Crippen LogP) is 3.46. The van der Waals surface area contributed by atoms with Crippen molar-refractivity contribution in [3.63, 3.8) is 0 Å². The summed E-state index contributed by atoms with van der Waals surface area (Å²) in [5.41, 5.74) is -0.0610. The molecule has 4 unspecified atom stereocenters. The molecule has 1 fully saturated rings. The molecule has 1 N–H and O–H groups in total. The minimum atomic E-state index is -0.0610.